The van der Waals surface area contributed by atoms with Gasteiger partial charge in [-0.05, 0) is 31.5 Å². The zero-order valence-electron chi connectivity index (χ0n) is 10.9. The molecule has 2 rings (SSSR count). The molecule has 2 heterocycles. The average molecular weight is 248 g/mol. The molecule has 1 atom stereocenters. The summed E-state index contributed by atoms with van der Waals surface area (Å²) in [5.74, 6) is 0.797. The summed E-state index contributed by atoms with van der Waals surface area (Å²) < 4.78 is 0. The van der Waals surface area contributed by atoms with Gasteiger partial charge in [-0.3, -0.25) is 4.79 Å². The number of nitrogens with zero attached hydrogens (tertiary/aromatic N) is 2. The van der Waals surface area contributed by atoms with Crippen molar-refractivity contribution in [3.05, 3.63) is 23.9 Å². The standard InChI is InChI=1S/C13H20N4O/c1-17(2)13(18)10-5-6-12(15-8-10)16-9-11-4-3-7-14-11/h5-6,8,11,14H,3-4,7,9H2,1-2H3,(H,15,16). The maximum absolute atomic E-state index is 11.7. The van der Waals surface area contributed by atoms with Gasteiger partial charge in [0.1, 0.15) is 5.82 Å². The van der Waals surface area contributed by atoms with E-state index in [0.29, 0.717) is 11.6 Å². The summed E-state index contributed by atoms with van der Waals surface area (Å²) in [6, 6.07) is 4.20. The third-order valence-corrected chi connectivity index (χ3v) is 3.11. The summed E-state index contributed by atoms with van der Waals surface area (Å²) in [5.41, 5.74) is 0.615. The van der Waals surface area contributed by atoms with Gasteiger partial charge in [-0.1, -0.05) is 0 Å². The van der Waals surface area contributed by atoms with Crippen molar-refractivity contribution in [1.29, 1.82) is 0 Å². The molecule has 18 heavy (non-hydrogen) atoms. The second kappa shape index (κ2) is 5.82. The van der Waals surface area contributed by atoms with Crippen LogP contribution >= 0.6 is 0 Å². The minimum atomic E-state index is -0.0218. The molecule has 1 aromatic rings. The molecule has 1 unspecified atom stereocenters. The number of hydrogen-bond acceptors (Lipinski definition) is 4. The molecule has 1 aliphatic rings. The summed E-state index contributed by atoms with van der Waals surface area (Å²) >= 11 is 0. The maximum atomic E-state index is 11.7. The van der Waals surface area contributed by atoms with Crippen molar-refractivity contribution >= 4 is 11.7 Å². The smallest absolute Gasteiger partial charge is 0.254 e. The van der Waals surface area contributed by atoms with Crippen molar-refractivity contribution in [2.45, 2.75) is 18.9 Å². The largest absolute Gasteiger partial charge is 0.369 e. The molecule has 1 aromatic heterocycles. The molecule has 1 fully saturated rings. The van der Waals surface area contributed by atoms with Crippen LogP contribution in [0.4, 0.5) is 5.82 Å². The minimum Gasteiger partial charge on any atom is -0.369 e. The fourth-order valence-corrected chi connectivity index (χ4v) is 2.04. The first-order valence-corrected chi connectivity index (χ1v) is 6.32. The molecule has 0 aliphatic carbocycles. The van der Waals surface area contributed by atoms with Gasteiger partial charge in [0.2, 0.25) is 0 Å². The van der Waals surface area contributed by atoms with E-state index < -0.39 is 0 Å². The van der Waals surface area contributed by atoms with E-state index in [1.165, 1.54) is 12.8 Å². The van der Waals surface area contributed by atoms with Crippen molar-refractivity contribution in [2.75, 3.05) is 32.5 Å². The zero-order valence-corrected chi connectivity index (χ0v) is 10.9. The van der Waals surface area contributed by atoms with Crippen LogP contribution in [0.3, 0.4) is 0 Å². The Morgan fingerprint density at radius 3 is 2.94 bits per heavy atom. The molecule has 2 N–H and O–H groups in total. The van der Waals surface area contributed by atoms with Crippen LogP contribution in [0, 0.1) is 0 Å². The second-order valence-corrected chi connectivity index (χ2v) is 4.81. The molecular weight excluding hydrogens is 228 g/mol. The van der Waals surface area contributed by atoms with Crippen molar-refractivity contribution in [3.8, 4) is 0 Å². The third kappa shape index (κ3) is 3.20. The molecule has 1 amide bonds. The van der Waals surface area contributed by atoms with Crippen LogP contribution < -0.4 is 10.6 Å². The molecule has 5 nitrogen and oxygen atoms in total. The van der Waals surface area contributed by atoms with Gasteiger partial charge >= 0.3 is 0 Å². The number of hydrogen-bond donors (Lipinski definition) is 2. The van der Waals surface area contributed by atoms with Crippen LogP contribution in [-0.4, -0.2) is 49.0 Å². The zero-order chi connectivity index (χ0) is 13.0. The van der Waals surface area contributed by atoms with Gasteiger partial charge in [0, 0.05) is 32.9 Å². The van der Waals surface area contributed by atoms with E-state index in [1.807, 2.05) is 6.07 Å². The van der Waals surface area contributed by atoms with Crippen LogP contribution in [0.2, 0.25) is 0 Å². The molecular formula is C13H20N4O. The van der Waals surface area contributed by atoms with Crippen molar-refractivity contribution in [3.63, 3.8) is 0 Å². The fraction of sp³-hybridized carbons (Fsp3) is 0.538. The topological polar surface area (TPSA) is 57.3 Å². The Balaban J connectivity index is 1.89. The first-order chi connectivity index (χ1) is 8.66. The molecule has 1 aliphatic heterocycles. The summed E-state index contributed by atoms with van der Waals surface area (Å²) in [6.45, 7) is 1.99. The number of aromatic nitrogens is 1. The number of nitrogens with one attached hydrogen (secondary N) is 2. The van der Waals surface area contributed by atoms with Gasteiger partial charge < -0.3 is 15.5 Å². The van der Waals surface area contributed by atoms with E-state index in [9.17, 15) is 4.79 Å². The van der Waals surface area contributed by atoms with Crippen LogP contribution in [0.1, 0.15) is 23.2 Å². The molecule has 1 saturated heterocycles. The number of rotatable bonds is 4. The lowest BCUT2D eigenvalue weighted by Gasteiger charge is -2.13. The Kier molecular flexibility index (Phi) is 4.15. The fourth-order valence-electron chi connectivity index (χ4n) is 2.04. The number of carbonyl (C=O) groups is 1. The first-order valence-electron chi connectivity index (χ1n) is 6.32. The van der Waals surface area contributed by atoms with Crippen molar-refractivity contribution in [1.82, 2.24) is 15.2 Å². The Bertz CT molecular complexity index is 396. The second-order valence-electron chi connectivity index (χ2n) is 4.81. The number of amides is 1. The van der Waals surface area contributed by atoms with Gasteiger partial charge in [0.15, 0.2) is 0 Å². The van der Waals surface area contributed by atoms with E-state index in [2.05, 4.69) is 15.6 Å². The Hall–Kier alpha value is -1.62. The van der Waals surface area contributed by atoms with Gasteiger partial charge in [-0.25, -0.2) is 4.98 Å². The Morgan fingerprint density at radius 2 is 2.39 bits per heavy atom. The third-order valence-electron chi connectivity index (χ3n) is 3.11. The first kappa shape index (κ1) is 12.8. The number of carbonyl (C=O) groups excluding carboxylic acids is 1. The molecule has 0 saturated carbocycles. The van der Waals surface area contributed by atoms with Crippen molar-refractivity contribution in [2.24, 2.45) is 0 Å². The molecule has 98 valence electrons. The van der Waals surface area contributed by atoms with Crippen LogP contribution in [0.25, 0.3) is 0 Å². The average Bonchev–Trinajstić information content (AvgIpc) is 2.89. The van der Waals surface area contributed by atoms with Crippen LogP contribution in [-0.2, 0) is 0 Å². The molecule has 5 heteroatoms. The monoisotopic (exact) mass is 248 g/mol. The molecule has 0 bridgehead atoms. The van der Waals surface area contributed by atoms with E-state index in [1.54, 1.807) is 31.3 Å². The Labute approximate surface area is 108 Å². The SMILES string of the molecule is CN(C)C(=O)c1ccc(NCC2CCCN2)nc1. The Morgan fingerprint density at radius 1 is 1.56 bits per heavy atom. The van der Waals surface area contributed by atoms with Gasteiger partial charge in [-0.15, -0.1) is 0 Å². The highest BCUT2D eigenvalue weighted by atomic mass is 16.2. The van der Waals surface area contributed by atoms with E-state index in [-0.39, 0.29) is 5.91 Å². The summed E-state index contributed by atoms with van der Waals surface area (Å²) in [7, 11) is 3.47. The molecule has 0 radical (unpaired) electrons. The lowest BCUT2D eigenvalue weighted by Crippen LogP contribution is -2.29. The van der Waals surface area contributed by atoms with Crippen molar-refractivity contribution < 1.29 is 4.79 Å². The lowest BCUT2D eigenvalue weighted by atomic mass is 10.2. The highest BCUT2D eigenvalue weighted by Gasteiger charge is 2.13. The quantitative estimate of drug-likeness (QED) is 0.833. The molecule has 0 aromatic carbocycles. The normalized spacial score (nSPS) is 18.7. The van der Waals surface area contributed by atoms with E-state index in [4.69, 9.17) is 0 Å². The predicted molar refractivity (Wildman–Crippen MR) is 71.8 cm³/mol. The van der Waals surface area contributed by atoms with Gasteiger partial charge in [-0.2, -0.15) is 0 Å². The lowest BCUT2D eigenvalue weighted by molar-refractivity contribution is 0.0827. The molecule has 0 spiro atoms. The maximum Gasteiger partial charge on any atom is 0.254 e. The summed E-state index contributed by atoms with van der Waals surface area (Å²) in [5, 5.41) is 6.70. The van der Waals surface area contributed by atoms with E-state index in [0.717, 1.165) is 18.9 Å². The minimum absolute atomic E-state index is 0.0218. The highest BCUT2D eigenvalue weighted by Crippen LogP contribution is 2.09. The summed E-state index contributed by atoms with van der Waals surface area (Å²) in [4.78, 5) is 17.5. The number of pyridine rings is 1. The predicted octanol–water partition coefficient (Wildman–Crippen LogP) is 0.947. The highest BCUT2D eigenvalue weighted by molar-refractivity contribution is 5.93. The number of anilines is 1. The van der Waals surface area contributed by atoms with Gasteiger partial charge in [0.25, 0.3) is 5.91 Å². The van der Waals surface area contributed by atoms with Crippen LogP contribution in [0.15, 0.2) is 18.3 Å². The summed E-state index contributed by atoms with van der Waals surface area (Å²) in [6.07, 6.45) is 4.08. The van der Waals surface area contributed by atoms with E-state index >= 15 is 0 Å². The van der Waals surface area contributed by atoms with Crippen LogP contribution in [0.5, 0.6) is 0 Å². The van der Waals surface area contributed by atoms with Gasteiger partial charge in [0.05, 0.1) is 5.56 Å².